The van der Waals surface area contributed by atoms with E-state index < -0.39 is 6.36 Å². The third kappa shape index (κ3) is 5.83. The minimum Gasteiger partial charge on any atom is -0.406 e. The highest BCUT2D eigenvalue weighted by atomic mass is 19.4. The number of halogens is 3. The second kappa shape index (κ2) is 6.16. The van der Waals surface area contributed by atoms with Crippen molar-refractivity contribution in [1.82, 2.24) is 0 Å². The van der Waals surface area contributed by atoms with Gasteiger partial charge in [-0.05, 0) is 37.2 Å². The van der Waals surface area contributed by atoms with Gasteiger partial charge in [-0.25, -0.2) is 0 Å². The van der Waals surface area contributed by atoms with Crippen LogP contribution in [0, 0.1) is 11.8 Å². The van der Waals surface area contributed by atoms with Crippen LogP contribution in [0.3, 0.4) is 0 Å². The topological polar surface area (TPSA) is 35.2 Å². The van der Waals surface area contributed by atoms with Crippen LogP contribution in [0.4, 0.5) is 13.2 Å². The monoisotopic (exact) mass is 243 g/mol. The van der Waals surface area contributed by atoms with E-state index in [-0.39, 0.29) is 5.75 Å². The summed E-state index contributed by atoms with van der Waals surface area (Å²) in [6.07, 6.45) is -3.17. The van der Waals surface area contributed by atoms with E-state index in [9.17, 15) is 13.2 Å². The van der Waals surface area contributed by atoms with E-state index in [0.29, 0.717) is 18.5 Å². The van der Waals surface area contributed by atoms with Crippen LogP contribution in [-0.2, 0) is 0 Å². The lowest BCUT2D eigenvalue weighted by atomic mass is 10.2. The van der Waals surface area contributed by atoms with Crippen LogP contribution in [0.1, 0.15) is 18.4 Å². The van der Waals surface area contributed by atoms with Gasteiger partial charge in [0.1, 0.15) is 5.75 Å². The number of ether oxygens (including phenoxy) is 1. The smallest absolute Gasteiger partial charge is 0.406 e. The van der Waals surface area contributed by atoms with Crippen LogP contribution >= 0.6 is 0 Å². The molecule has 17 heavy (non-hydrogen) atoms. The maximum atomic E-state index is 11.9. The fourth-order valence-corrected chi connectivity index (χ4v) is 1.09. The molecule has 0 saturated heterocycles. The van der Waals surface area contributed by atoms with E-state index in [1.165, 1.54) is 24.3 Å². The van der Waals surface area contributed by atoms with Crippen LogP contribution in [0.15, 0.2) is 24.3 Å². The van der Waals surface area contributed by atoms with Crippen molar-refractivity contribution in [3.63, 3.8) is 0 Å². The minimum absolute atomic E-state index is 0.245. The van der Waals surface area contributed by atoms with Gasteiger partial charge in [-0.1, -0.05) is 11.8 Å². The van der Waals surface area contributed by atoms with E-state index in [4.69, 9.17) is 5.73 Å². The van der Waals surface area contributed by atoms with Crippen LogP contribution in [-0.4, -0.2) is 12.9 Å². The SMILES string of the molecule is NCCCC#Cc1ccc(OC(F)(F)F)cc1. The van der Waals surface area contributed by atoms with Gasteiger partial charge in [0.05, 0.1) is 0 Å². The maximum Gasteiger partial charge on any atom is 0.573 e. The Kier molecular flexibility index (Phi) is 4.85. The Morgan fingerprint density at radius 3 is 2.35 bits per heavy atom. The fraction of sp³-hybridized carbons (Fsp3) is 0.333. The van der Waals surface area contributed by atoms with Crippen LogP contribution < -0.4 is 10.5 Å². The highest BCUT2D eigenvalue weighted by Crippen LogP contribution is 2.22. The molecule has 2 nitrogen and oxygen atoms in total. The molecule has 0 aromatic heterocycles. The second-order valence-corrected chi connectivity index (χ2v) is 3.27. The molecule has 1 rings (SSSR count). The average Bonchev–Trinajstić information content (AvgIpc) is 2.25. The van der Waals surface area contributed by atoms with Crippen molar-refractivity contribution in [2.75, 3.05) is 6.54 Å². The van der Waals surface area contributed by atoms with Crippen molar-refractivity contribution < 1.29 is 17.9 Å². The van der Waals surface area contributed by atoms with Gasteiger partial charge in [0, 0.05) is 12.0 Å². The molecule has 0 spiro atoms. The molecule has 5 heteroatoms. The molecule has 0 aliphatic heterocycles. The Hall–Kier alpha value is -1.67. The van der Waals surface area contributed by atoms with Gasteiger partial charge in [0.15, 0.2) is 0 Å². The first-order chi connectivity index (χ1) is 8.01. The van der Waals surface area contributed by atoms with Crippen molar-refractivity contribution in [3.8, 4) is 17.6 Å². The molecule has 0 fully saturated rings. The largest absolute Gasteiger partial charge is 0.573 e. The van der Waals surface area contributed by atoms with Gasteiger partial charge in [-0.2, -0.15) is 0 Å². The Morgan fingerprint density at radius 1 is 1.18 bits per heavy atom. The summed E-state index contributed by atoms with van der Waals surface area (Å²) in [5, 5.41) is 0. The lowest BCUT2D eigenvalue weighted by Crippen LogP contribution is -2.16. The lowest BCUT2D eigenvalue weighted by molar-refractivity contribution is -0.274. The zero-order valence-electron chi connectivity index (χ0n) is 9.05. The molecule has 0 amide bonds. The van der Waals surface area contributed by atoms with Crippen LogP contribution in [0.2, 0.25) is 0 Å². The number of rotatable bonds is 3. The predicted molar refractivity (Wildman–Crippen MR) is 58.3 cm³/mol. The van der Waals surface area contributed by atoms with Crippen LogP contribution in [0.5, 0.6) is 5.75 Å². The van der Waals surface area contributed by atoms with E-state index in [1.54, 1.807) is 0 Å². The summed E-state index contributed by atoms with van der Waals surface area (Å²) in [6, 6.07) is 5.44. The molecule has 0 unspecified atom stereocenters. The molecular weight excluding hydrogens is 231 g/mol. The van der Waals surface area contributed by atoms with Gasteiger partial charge in [-0.15, -0.1) is 13.2 Å². The molecule has 1 aromatic rings. The zero-order valence-corrected chi connectivity index (χ0v) is 9.05. The van der Waals surface area contributed by atoms with Gasteiger partial charge >= 0.3 is 6.36 Å². The average molecular weight is 243 g/mol. The molecule has 0 heterocycles. The molecule has 1 aromatic carbocycles. The standard InChI is InChI=1S/C12H12F3NO/c13-12(14,15)17-11-7-5-10(6-8-11)4-2-1-3-9-16/h5-8H,1,3,9,16H2. The maximum absolute atomic E-state index is 11.9. The van der Waals surface area contributed by atoms with Crippen LogP contribution in [0.25, 0.3) is 0 Å². The molecule has 0 bridgehead atoms. The summed E-state index contributed by atoms with van der Waals surface area (Å²) < 4.78 is 39.3. The van der Waals surface area contributed by atoms with Crippen molar-refractivity contribution in [1.29, 1.82) is 0 Å². The summed E-state index contributed by atoms with van der Waals surface area (Å²) >= 11 is 0. The van der Waals surface area contributed by atoms with Gasteiger partial charge in [0.2, 0.25) is 0 Å². The first-order valence-corrected chi connectivity index (χ1v) is 5.06. The minimum atomic E-state index is -4.66. The summed E-state index contributed by atoms with van der Waals surface area (Å²) in [4.78, 5) is 0. The van der Waals surface area contributed by atoms with E-state index in [2.05, 4.69) is 16.6 Å². The molecule has 0 radical (unpaired) electrons. The quantitative estimate of drug-likeness (QED) is 0.654. The lowest BCUT2D eigenvalue weighted by Gasteiger charge is -2.07. The third-order valence-electron chi connectivity index (χ3n) is 1.83. The van der Waals surface area contributed by atoms with Crippen molar-refractivity contribution in [2.24, 2.45) is 5.73 Å². The highest BCUT2D eigenvalue weighted by Gasteiger charge is 2.30. The molecule has 0 atom stereocenters. The first-order valence-electron chi connectivity index (χ1n) is 5.06. The van der Waals surface area contributed by atoms with Gasteiger partial charge < -0.3 is 10.5 Å². The van der Waals surface area contributed by atoms with E-state index in [1.807, 2.05) is 0 Å². The van der Waals surface area contributed by atoms with E-state index >= 15 is 0 Å². The number of benzene rings is 1. The molecule has 0 aliphatic carbocycles. The Labute approximate surface area is 97.6 Å². The zero-order chi connectivity index (χ0) is 12.7. The number of alkyl halides is 3. The van der Waals surface area contributed by atoms with Crippen molar-refractivity contribution in [2.45, 2.75) is 19.2 Å². The van der Waals surface area contributed by atoms with E-state index in [0.717, 1.165) is 6.42 Å². The molecular formula is C12H12F3NO. The fourth-order valence-electron chi connectivity index (χ4n) is 1.09. The Morgan fingerprint density at radius 2 is 1.82 bits per heavy atom. The molecule has 92 valence electrons. The number of hydrogen-bond donors (Lipinski definition) is 1. The number of hydrogen-bond acceptors (Lipinski definition) is 2. The van der Waals surface area contributed by atoms with Gasteiger partial charge in [0.25, 0.3) is 0 Å². The van der Waals surface area contributed by atoms with Crippen molar-refractivity contribution in [3.05, 3.63) is 29.8 Å². The number of unbranched alkanes of at least 4 members (excludes halogenated alkanes) is 1. The Balaban J connectivity index is 2.58. The second-order valence-electron chi connectivity index (χ2n) is 3.27. The highest BCUT2D eigenvalue weighted by molar-refractivity contribution is 5.38. The first kappa shape index (κ1) is 13.4. The van der Waals surface area contributed by atoms with Crippen molar-refractivity contribution >= 4 is 0 Å². The normalized spacial score (nSPS) is 10.6. The summed E-state index contributed by atoms with van der Waals surface area (Å²) in [7, 11) is 0. The summed E-state index contributed by atoms with van der Waals surface area (Å²) in [5.74, 6) is 5.46. The Bertz CT molecular complexity index is 400. The molecule has 0 aliphatic rings. The summed E-state index contributed by atoms with van der Waals surface area (Å²) in [5.41, 5.74) is 5.95. The van der Waals surface area contributed by atoms with Gasteiger partial charge in [-0.3, -0.25) is 0 Å². The summed E-state index contributed by atoms with van der Waals surface area (Å²) in [6.45, 7) is 0.576. The number of nitrogens with two attached hydrogens (primary N) is 1. The predicted octanol–water partition coefficient (Wildman–Crippen LogP) is 2.68. The third-order valence-corrected chi connectivity index (χ3v) is 1.83. The molecule has 0 saturated carbocycles. The molecule has 2 N–H and O–H groups in total.